The molecular formula is C11H13N3O3S. The van der Waals surface area contributed by atoms with Crippen LogP contribution in [0.15, 0.2) is 0 Å². The molecule has 7 heteroatoms. The first kappa shape index (κ1) is 12.7. The number of piperidine rings is 1. The monoisotopic (exact) mass is 267 g/mol. The summed E-state index contributed by atoms with van der Waals surface area (Å²) in [6.07, 6.45) is 0.574. The molecule has 1 aliphatic rings. The Morgan fingerprint density at radius 1 is 1.44 bits per heavy atom. The van der Waals surface area contributed by atoms with Crippen LogP contribution in [-0.2, 0) is 9.59 Å². The molecule has 0 saturated carbocycles. The standard InChI is InChI=1S/C11H13N3O3S/c1-5-9(12-6(2)18-5)11(17)13-7-3-4-8(15)14-10(7)16/h7H,3-4H2,1-2H3,(H,13,17)(H,14,15,16). The minimum Gasteiger partial charge on any atom is -0.339 e. The number of nitrogens with zero attached hydrogens (tertiary/aromatic N) is 1. The van der Waals surface area contributed by atoms with Crippen molar-refractivity contribution in [3.8, 4) is 0 Å². The summed E-state index contributed by atoms with van der Waals surface area (Å²) < 4.78 is 0. The molecule has 1 atom stereocenters. The van der Waals surface area contributed by atoms with Crippen LogP contribution >= 0.6 is 11.3 Å². The van der Waals surface area contributed by atoms with Crippen LogP contribution in [0, 0.1) is 13.8 Å². The van der Waals surface area contributed by atoms with Crippen LogP contribution in [-0.4, -0.2) is 28.7 Å². The van der Waals surface area contributed by atoms with Crippen molar-refractivity contribution in [1.82, 2.24) is 15.6 Å². The van der Waals surface area contributed by atoms with E-state index in [0.717, 1.165) is 9.88 Å². The number of hydrogen-bond acceptors (Lipinski definition) is 5. The molecule has 18 heavy (non-hydrogen) atoms. The molecule has 0 radical (unpaired) electrons. The lowest BCUT2D eigenvalue weighted by molar-refractivity contribution is -0.134. The number of hydrogen-bond donors (Lipinski definition) is 2. The largest absolute Gasteiger partial charge is 0.339 e. The minimum atomic E-state index is -0.656. The Morgan fingerprint density at radius 3 is 2.72 bits per heavy atom. The molecule has 0 aliphatic carbocycles. The minimum absolute atomic E-state index is 0.242. The highest BCUT2D eigenvalue weighted by atomic mass is 32.1. The number of aryl methyl sites for hydroxylation is 2. The first-order chi connectivity index (χ1) is 8.47. The highest BCUT2D eigenvalue weighted by Gasteiger charge is 2.29. The summed E-state index contributed by atoms with van der Waals surface area (Å²) in [5.41, 5.74) is 0.349. The second-order valence-corrected chi connectivity index (χ2v) is 5.52. The van der Waals surface area contributed by atoms with E-state index in [0.29, 0.717) is 12.1 Å². The van der Waals surface area contributed by atoms with Crippen molar-refractivity contribution in [1.29, 1.82) is 0 Å². The van der Waals surface area contributed by atoms with Gasteiger partial charge in [-0.2, -0.15) is 0 Å². The predicted octanol–water partition coefficient (Wildman–Crippen LogP) is 0.295. The third-order valence-corrected chi connectivity index (χ3v) is 3.55. The van der Waals surface area contributed by atoms with Crippen LogP contribution < -0.4 is 10.6 Å². The van der Waals surface area contributed by atoms with Gasteiger partial charge in [-0.25, -0.2) is 4.98 Å². The summed E-state index contributed by atoms with van der Waals surface area (Å²) in [4.78, 5) is 39.4. The van der Waals surface area contributed by atoms with Gasteiger partial charge in [-0.3, -0.25) is 19.7 Å². The molecule has 1 unspecified atom stereocenters. The van der Waals surface area contributed by atoms with Gasteiger partial charge in [0.05, 0.1) is 5.01 Å². The highest BCUT2D eigenvalue weighted by Crippen LogP contribution is 2.16. The maximum absolute atomic E-state index is 11.9. The molecule has 0 aromatic carbocycles. The molecule has 0 spiro atoms. The molecule has 1 saturated heterocycles. The van der Waals surface area contributed by atoms with Gasteiger partial charge in [-0.1, -0.05) is 0 Å². The first-order valence-electron chi connectivity index (χ1n) is 5.56. The van der Waals surface area contributed by atoms with Gasteiger partial charge in [-0.05, 0) is 20.3 Å². The smallest absolute Gasteiger partial charge is 0.271 e. The van der Waals surface area contributed by atoms with E-state index in [1.165, 1.54) is 11.3 Å². The number of imide groups is 1. The highest BCUT2D eigenvalue weighted by molar-refractivity contribution is 7.11. The number of rotatable bonds is 2. The third-order valence-electron chi connectivity index (χ3n) is 2.66. The van der Waals surface area contributed by atoms with E-state index < -0.39 is 11.9 Å². The van der Waals surface area contributed by atoms with Crippen LogP contribution in [0.25, 0.3) is 0 Å². The fraction of sp³-hybridized carbons (Fsp3) is 0.455. The average molecular weight is 267 g/mol. The van der Waals surface area contributed by atoms with E-state index >= 15 is 0 Å². The predicted molar refractivity (Wildman–Crippen MR) is 65.2 cm³/mol. The molecular weight excluding hydrogens is 254 g/mol. The summed E-state index contributed by atoms with van der Waals surface area (Å²) in [7, 11) is 0. The van der Waals surface area contributed by atoms with Gasteiger partial charge >= 0.3 is 0 Å². The zero-order chi connectivity index (χ0) is 13.3. The van der Waals surface area contributed by atoms with Gasteiger partial charge in [0.15, 0.2) is 0 Å². The van der Waals surface area contributed by atoms with E-state index in [4.69, 9.17) is 0 Å². The molecule has 6 nitrogen and oxygen atoms in total. The summed E-state index contributed by atoms with van der Waals surface area (Å²) in [5.74, 6) is -1.12. The van der Waals surface area contributed by atoms with E-state index in [1.807, 2.05) is 13.8 Å². The van der Waals surface area contributed by atoms with E-state index in [9.17, 15) is 14.4 Å². The topological polar surface area (TPSA) is 88.2 Å². The van der Waals surface area contributed by atoms with Crippen LogP contribution in [0.5, 0.6) is 0 Å². The fourth-order valence-electron chi connectivity index (χ4n) is 1.80. The van der Waals surface area contributed by atoms with Gasteiger partial charge in [-0.15, -0.1) is 11.3 Å². The van der Waals surface area contributed by atoms with Gasteiger partial charge in [0.1, 0.15) is 11.7 Å². The van der Waals surface area contributed by atoms with Crippen LogP contribution in [0.4, 0.5) is 0 Å². The van der Waals surface area contributed by atoms with Gasteiger partial charge in [0.2, 0.25) is 11.8 Å². The zero-order valence-corrected chi connectivity index (χ0v) is 10.9. The second kappa shape index (κ2) is 4.85. The van der Waals surface area contributed by atoms with Crippen molar-refractivity contribution >= 4 is 29.1 Å². The number of carbonyl (C=O) groups excluding carboxylic acids is 3. The SMILES string of the molecule is Cc1nc(C(=O)NC2CCC(=O)NC2=O)c(C)s1. The van der Waals surface area contributed by atoms with Crippen LogP contribution in [0.3, 0.4) is 0 Å². The van der Waals surface area contributed by atoms with Crippen molar-refractivity contribution in [3.05, 3.63) is 15.6 Å². The normalized spacial score (nSPS) is 19.6. The van der Waals surface area contributed by atoms with Crippen molar-refractivity contribution in [2.24, 2.45) is 0 Å². The second-order valence-electron chi connectivity index (χ2n) is 4.11. The van der Waals surface area contributed by atoms with Gasteiger partial charge in [0.25, 0.3) is 5.91 Å². The quantitative estimate of drug-likeness (QED) is 0.754. The van der Waals surface area contributed by atoms with Gasteiger partial charge < -0.3 is 5.32 Å². The molecule has 3 amide bonds. The number of nitrogens with one attached hydrogen (secondary N) is 2. The van der Waals surface area contributed by atoms with Crippen molar-refractivity contribution < 1.29 is 14.4 Å². The van der Waals surface area contributed by atoms with E-state index in [1.54, 1.807) is 0 Å². The average Bonchev–Trinajstić information content (AvgIpc) is 2.62. The lowest BCUT2D eigenvalue weighted by atomic mass is 10.1. The van der Waals surface area contributed by atoms with Gasteiger partial charge in [0, 0.05) is 11.3 Å². The first-order valence-corrected chi connectivity index (χ1v) is 6.37. The zero-order valence-electron chi connectivity index (χ0n) is 10.1. The van der Waals surface area contributed by atoms with Crippen molar-refractivity contribution in [2.75, 3.05) is 0 Å². The van der Waals surface area contributed by atoms with Crippen molar-refractivity contribution in [2.45, 2.75) is 32.7 Å². The maximum atomic E-state index is 11.9. The number of amides is 3. The van der Waals surface area contributed by atoms with Crippen LogP contribution in [0.2, 0.25) is 0 Å². The lowest BCUT2D eigenvalue weighted by Gasteiger charge is -2.21. The molecule has 1 fully saturated rings. The Bertz CT molecular complexity index is 524. The van der Waals surface area contributed by atoms with E-state index in [-0.39, 0.29) is 18.2 Å². The maximum Gasteiger partial charge on any atom is 0.271 e. The summed E-state index contributed by atoms with van der Waals surface area (Å²) in [5, 5.41) is 5.60. The molecule has 1 aliphatic heterocycles. The molecule has 1 aromatic rings. The Morgan fingerprint density at radius 2 is 2.17 bits per heavy atom. The molecule has 96 valence electrons. The Kier molecular flexibility index (Phi) is 3.42. The molecule has 2 heterocycles. The summed E-state index contributed by atoms with van der Waals surface area (Å²) >= 11 is 1.43. The number of carbonyl (C=O) groups is 3. The summed E-state index contributed by atoms with van der Waals surface area (Å²) in [6, 6.07) is -0.656. The Balaban J connectivity index is 2.06. The number of aromatic nitrogens is 1. The molecule has 1 aromatic heterocycles. The lowest BCUT2D eigenvalue weighted by Crippen LogP contribution is -2.52. The summed E-state index contributed by atoms with van der Waals surface area (Å²) in [6.45, 7) is 3.63. The van der Waals surface area contributed by atoms with Crippen molar-refractivity contribution in [3.63, 3.8) is 0 Å². The Hall–Kier alpha value is -1.76. The molecule has 0 bridgehead atoms. The molecule has 2 rings (SSSR count). The van der Waals surface area contributed by atoms with Crippen LogP contribution in [0.1, 0.15) is 33.2 Å². The Labute approximate surface area is 108 Å². The van der Waals surface area contributed by atoms with E-state index in [2.05, 4.69) is 15.6 Å². The third kappa shape index (κ3) is 2.56. The number of thiazole rings is 1. The fourth-order valence-corrected chi connectivity index (χ4v) is 2.61. The molecule has 2 N–H and O–H groups in total.